The van der Waals surface area contributed by atoms with Gasteiger partial charge >= 0.3 is 6.09 Å². The summed E-state index contributed by atoms with van der Waals surface area (Å²) in [5.41, 5.74) is 2.67. The van der Waals surface area contributed by atoms with Crippen LogP contribution in [0.1, 0.15) is 49.3 Å². The normalized spacial score (nSPS) is 24.6. The lowest BCUT2D eigenvalue weighted by Crippen LogP contribution is -2.70. The molecule has 3 aromatic carbocycles. The first-order valence-electron chi connectivity index (χ1n) is 13.4. The molecule has 3 fully saturated rings. The molecule has 1 atom stereocenters. The van der Waals surface area contributed by atoms with Crippen molar-refractivity contribution in [1.82, 2.24) is 10.2 Å². The second-order valence-electron chi connectivity index (χ2n) is 11.0. The number of nitrogens with zero attached hydrogens (tertiary/aromatic N) is 1. The number of aliphatic hydroxyl groups excluding tert-OH is 1. The number of nitrogens with one attached hydrogen (secondary N) is 1. The Labute approximate surface area is 236 Å². The van der Waals surface area contributed by atoms with Crippen LogP contribution in [0.3, 0.4) is 0 Å². The van der Waals surface area contributed by atoms with Gasteiger partial charge in [-0.05, 0) is 55.4 Å². The van der Waals surface area contributed by atoms with Crippen molar-refractivity contribution in [3.63, 3.8) is 0 Å². The van der Waals surface area contributed by atoms with Crippen LogP contribution in [0.25, 0.3) is 11.1 Å². The minimum absolute atomic E-state index is 0.0292. The minimum Gasteiger partial charge on any atom is -0.484 e. The number of carbonyl (C=O) groups excluding carboxylic acids is 2. The zero-order chi connectivity index (χ0) is 28.1. The number of fused-ring (bicyclic) bond motifs is 6. The van der Waals surface area contributed by atoms with Crippen molar-refractivity contribution in [1.29, 1.82) is 0 Å². The summed E-state index contributed by atoms with van der Waals surface area (Å²) in [6.07, 6.45) is 0.752. The van der Waals surface area contributed by atoms with E-state index >= 15 is 0 Å². The average molecular weight is 565 g/mol. The van der Waals surface area contributed by atoms with Gasteiger partial charge in [0.05, 0.1) is 16.7 Å². The van der Waals surface area contributed by atoms with Crippen LogP contribution >= 0.6 is 11.6 Å². The number of carbonyl (C=O) groups is 2. The molecule has 0 aromatic heterocycles. The molecular formula is C31H30ClFN2O5. The molecule has 0 spiro atoms. The van der Waals surface area contributed by atoms with Crippen LogP contribution in [-0.4, -0.2) is 52.8 Å². The number of halogens is 2. The lowest BCUT2D eigenvalue weighted by molar-refractivity contribution is -0.136. The fourth-order valence-electron chi connectivity index (χ4n) is 6.57. The Kier molecular flexibility index (Phi) is 6.71. The van der Waals surface area contributed by atoms with Gasteiger partial charge in [-0.1, -0.05) is 60.1 Å². The third kappa shape index (κ3) is 4.49. The molecule has 7 nitrogen and oxygen atoms in total. The van der Waals surface area contributed by atoms with E-state index in [1.54, 1.807) is 11.9 Å². The Hall–Kier alpha value is -3.62. The first-order chi connectivity index (χ1) is 19.2. The van der Waals surface area contributed by atoms with Crippen molar-refractivity contribution < 1.29 is 28.6 Å². The number of amides is 2. The van der Waals surface area contributed by atoms with Gasteiger partial charge in [-0.25, -0.2) is 9.18 Å². The maximum atomic E-state index is 13.7. The molecule has 0 saturated heterocycles. The van der Waals surface area contributed by atoms with Gasteiger partial charge in [0.15, 0.2) is 12.7 Å². The number of hydrogen-bond donors (Lipinski definition) is 2. The summed E-state index contributed by atoms with van der Waals surface area (Å²) >= 11 is 5.70. The van der Waals surface area contributed by atoms with Gasteiger partial charge in [0, 0.05) is 29.8 Å². The second-order valence-corrected chi connectivity index (χ2v) is 11.4. The Morgan fingerprint density at radius 2 is 1.65 bits per heavy atom. The average Bonchev–Trinajstić information content (AvgIpc) is 3.27. The Morgan fingerprint density at radius 3 is 2.25 bits per heavy atom. The largest absolute Gasteiger partial charge is 0.484 e. The minimum atomic E-state index is -0.852. The van der Waals surface area contributed by atoms with Crippen molar-refractivity contribution in [3.8, 4) is 16.9 Å². The van der Waals surface area contributed by atoms with E-state index in [4.69, 9.17) is 21.1 Å². The quantitative estimate of drug-likeness (QED) is 0.405. The zero-order valence-corrected chi connectivity index (χ0v) is 22.8. The Morgan fingerprint density at radius 1 is 1.02 bits per heavy atom. The van der Waals surface area contributed by atoms with Crippen LogP contribution < -0.4 is 10.1 Å². The van der Waals surface area contributed by atoms with E-state index in [9.17, 15) is 19.1 Å². The molecule has 2 bridgehead atoms. The van der Waals surface area contributed by atoms with Crippen molar-refractivity contribution in [2.24, 2.45) is 0 Å². The Balaban J connectivity index is 1.10. The third-order valence-electron chi connectivity index (χ3n) is 8.91. The topological polar surface area (TPSA) is 88.1 Å². The highest BCUT2D eigenvalue weighted by atomic mass is 35.5. The van der Waals surface area contributed by atoms with E-state index in [1.165, 1.54) is 12.1 Å². The molecule has 0 aliphatic heterocycles. The molecule has 2 amide bonds. The Bertz CT molecular complexity index is 1430. The molecule has 4 aliphatic rings. The highest BCUT2D eigenvalue weighted by Gasteiger charge is 2.57. The van der Waals surface area contributed by atoms with Crippen molar-refractivity contribution >= 4 is 23.6 Å². The van der Waals surface area contributed by atoms with Gasteiger partial charge in [-0.15, -0.1) is 0 Å². The summed E-state index contributed by atoms with van der Waals surface area (Å²) in [6.45, 7) is -0.322. The number of aliphatic hydroxyl groups is 1. The molecule has 0 unspecified atom stereocenters. The van der Waals surface area contributed by atoms with Gasteiger partial charge < -0.3 is 24.8 Å². The molecule has 0 heterocycles. The van der Waals surface area contributed by atoms with E-state index in [2.05, 4.69) is 5.32 Å². The number of rotatable bonds is 6. The van der Waals surface area contributed by atoms with Gasteiger partial charge in [0.2, 0.25) is 0 Å². The van der Waals surface area contributed by atoms with Crippen molar-refractivity contribution in [2.45, 2.75) is 55.4 Å². The summed E-state index contributed by atoms with van der Waals surface area (Å²) < 4.78 is 25.2. The van der Waals surface area contributed by atoms with Gasteiger partial charge in [-0.2, -0.15) is 0 Å². The van der Waals surface area contributed by atoms with Crippen molar-refractivity contribution in [3.05, 3.63) is 88.7 Å². The third-order valence-corrected chi connectivity index (χ3v) is 9.22. The summed E-state index contributed by atoms with van der Waals surface area (Å²) in [7, 11) is 1.73. The van der Waals surface area contributed by atoms with Gasteiger partial charge in [0.25, 0.3) is 5.91 Å². The smallest absolute Gasteiger partial charge is 0.410 e. The summed E-state index contributed by atoms with van der Waals surface area (Å²) in [4.78, 5) is 27.9. The summed E-state index contributed by atoms with van der Waals surface area (Å²) in [6, 6.07) is 19.9. The molecule has 3 aromatic rings. The molecule has 3 saturated carbocycles. The van der Waals surface area contributed by atoms with Crippen LogP contribution in [0.15, 0.2) is 66.7 Å². The van der Waals surface area contributed by atoms with E-state index in [0.717, 1.165) is 28.3 Å². The van der Waals surface area contributed by atoms with Gasteiger partial charge in [0.1, 0.15) is 11.6 Å². The molecule has 40 heavy (non-hydrogen) atoms. The predicted octanol–water partition coefficient (Wildman–Crippen LogP) is 5.63. The molecule has 4 aliphatic carbocycles. The predicted molar refractivity (Wildman–Crippen MR) is 148 cm³/mol. The van der Waals surface area contributed by atoms with Crippen LogP contribution in [-0.2, 0) is 9.53 Å². The summed E-state index contributed by atoms with van der Waals surface area (Å²) in [5.74, 6) is -0.849. The SMILES string of the molecule is CN(C(=O)OC1c2ccccc2-c2ccccc21)C12CCC(NC(=O)COc3ccc(Cl)c(F)c3)(CC1)[C@H](O)C2. The molecular weight excluding hydrogens is 535 g/mol. The molecule has 9 heteroatoms. The van der Waals surface area contributed by atoms with E-state index in [1.807, 2.05) is 48.5 Å². The van der Waals surface area contributed by atoms with Crippen LogP contribution in [0.4, 0.5) is 9.18 Å². The lowest BCUT2D eigenvalue weighted by atomic mass is 9.59. The van der Waals surface area contributed by atoms with E-state index < -0.39 is 41.1 Å². The number of ether oxygens (including phenoxy) is 2. The van der Waals surface area contributed by atoms with E-state index in [-0.39, 0.29) is 17.4 Å². The molecule has 2 N–H and O–H groups in total. The van der Waals surface area contributed by atoms with Crippen LogP contribution in [0.5, 0.6) is 5.75 Å². The maximum absolute atomic E-state index is 13.7. The number of hydrogen-bond acceptors (Lipinski definition) is 5. The first kappa shape index (κ1) is 26.6. The standard InChI is InChI=1S/C31H30ClFN2O5/c1-35(29(38)40-28-22-8-4-2-6-20(22)21-7-3-5-9-23(21)28)30-12-14-31(15-13-30,26(36)17-30)34-27(37)18-39-19-10-11-24(32)25(33)16-19/h2-11,16,26,28,36H,12-15,17-18H2,1H3,(H,34,37)/t26-,30?,31?/m1/s1. The lowest BCUT2D eigenvalue weighted by Gasteiger charge is -2.58. The maximum Gasteiger partial charge on any atom is 0.410 e. The monoisotopic (exact) mass is 564 g/mol. The van der Waals surface area contributed by atoms with E-state index in [0.29, 0.717) is 32.1 Å². The molecule has 7 rings (SSSR count). The van der Waals surface area contributed by atoms with Crippen LogP contribution in [0, 0.1) is 5.82 Å². The zero-order valence-electron chi connectivity index (χ0n) is 22.0. The first-order valence-corrected chi connectivity index (χ1v) is 13.8. The highest BCUT2D eigenvalue weighted by molar-refractivity contribution is 6.30. The highest BCUT2D eigenvalue weighted by Crippen LogP contribution is 2.51. The molecule has 208 valence electrons. The summed E-state index contributed by atoms with van der Waals surface area (Å²) in [5, 5.41) is 14.1. The fraction of sp³-hybridized carbons (Fsp3) is 0.355. The second kappa shape index (κ2) is 10.1. The van der Waals surface area contributed by atoms with Crippen LogP contribution in [0.2, 0.25) is 5.02 Å². The van der Waals surface area contributed by atoms with Gasteiger partial charge in [-0.3, -0.25) is 4.79 Å². The molecule has 0 radical (unpaired) electrons. The fourth-order valence-corrected chi connectivity index (χ4v) is 6.69. The number of benzene rings is 3. The van der Waals surface area contributed by atoms with Crippen molar-refractivity contribution in [2.75, 3.05) is 13.7 Å².